The maximum absolute atomic E-state index is 6.22. The van der Waals surface area contributed by atoms with Gasteiger partial charge in [0.1, 0.15) is 0 Å². The van der Waals surface area contributed by atoms with E-state index in [2.05, 4.69) is 6.07 Å². The molecule has 1 unspecified atom stereocenters. The van der Waals surface area contributed by atoms with Gasteiger partial charge in [0.25, 0.3) is 5.79 Å². The molecule has 124 valence electrons. The number of hydrogen-bond acceptors (Lipinski definition) is 3. The molecule has 5 aliphatic rings. The molecule has 0 N–H and O–H groups in total. The Morgan fingerprint density at radius 2 is 1.70 bits per heavy atom. The van der Waals surface area contributed by atoms with Crippen LogP contribution < -0.4 is 0 Å². The molecule has 4 heteroatoms. The van der Waals surface area contributed by atoms with Gasteiger partial charge in [0.2, 0.25) is 0 Å². The number of benzene rings is 1. The quantitative estimate of drug-likeness (QED) is 0.739. The van der Waals surface area contributed by atoms with Crippen LogP contribution in [0.1, 0.15) is 43.2 Å². The van der Waals surface area contributed by atoms with Gasteiger partial charge in [-0.25, -0.2) is 4.89 Å². The van der Waals surface area contributed by atoms with Crippen molar-refractivity contribution < 1.29 is 14.5 Å². The zero-order chi connectivity index (χ0) is 15.8. The topological polar surface area (TPSA) is 27.7 Å². The Morgan fingerprint density at radius 1 is 1.04 bits per heavy atom. The first kappa shape index (κ1) is 14.7. The molecule has 1 aliphatic heterocycles. The summed E-state index contributed by atoms with van der Waals surface area (Å²) in [7, 11) is 1.75. The summed E-state index contributed by atoms with van der Waals surface area (Å²) in [5.74, 6) is 2.08. The number of rotatable bonds is 2. The van der Waals surface area contributed by atoms with Gasteiger partial charge in [0.15, 0.2) is 5.60 Å². The van der Waals surface area contributed by atoms with E-state index in [4.69, 9.17) is 26.1 Å². The molecule has 1 heterocycles. The fraction of sp³-hybridized carbons (Fsp3) is 0.684. The normalized spacial score (nSPS) is 47.1. The van der Waals surface area contributed by atoms with Crippen molar-refractivity contribution in [1.29, 1.82) is 0 Å². The molecule has 4 saturated carbocycles. The summed E-state index contributed by atoms with van der Waals surface area (Å²) in [5, 5.41) is 0.777. The predicted molar refractivity (Wildman–Crippen MR) is 86.8 cm³/mol. The van der Waals surface area contributed by atoms with Gasteiger partial charge >= 0.3 is 0 Å². The molecule has 4 bridgehead atoms. The van der Waals surface area contributed by atoms with Crippen LogP contribution in [0.3, 0.4) is 0 Å². The van der Waals surface area contributed by atoms with Crippen LogP contribution in [0.4, 0.5) is 0 Å². The van der Waals surface area contributed by atoms with Crippen molar-refractivity contribution in [2.45, 2.75) is 50.4 Å². The van der Waals surface area contributed by atoms with E-state index in [1.807, 2.05) is 19.1 Å². The molecule has 1 atom stereocenters. The standard InChI is InChI=1S/C19H23ClO3/c1-11-5-14(3-4-17(11)20)19(21-2)18(22-23-19)15-7-12-6-13(9-15)10-16(18)8-12/h3-5,12-13,15-16H,6-10H2,1-2H3. The monoisotopic (exact) mass is 334 g/mol. The van der Waals surface area contributed by atoms with Crippen LogP contribution in [0.15, 0.2) is 18.2 Å². The first-order chi connectivity index (χ1) is 11.1. The maximum Gasteiger partial charge on any atom is 0.260 e. The SMILES string of the molecule is COC1(c2ccc(Cl)c(C)c2)OOC12C1CC3CC(C1)CC2C3. The lowest BCUT2D eigenvalue weighted by Crippen LogP contribution is -2.76. The molecule has 5 fully saturated rings. The second kappa shape index (κ2) is 4.72. The first-order valence-corrected chi connectivity index (χ1v) is 9.15. The highest BCUT2D eigenvalue weighted by Gasteiger charge is 2.76. The van der Waals surface area contributed by atoms with Crippen LogP contribution in [-0.2, 0) is 20.3 Å². The van der Waals surface area contributed by atoms with E-state index >= 15 is 0 Å². The van der Waals surface area contributed by atoms with Crippen molar-refractivity contribution >= 4 is 11.6 Å². The van der Waals surface area contributed by atoms with E-state index in [0.29, 0.717) is 11.8 Å². The van der Waals surface area contributed by atoms with Gasteiger partial charge in [-0.3, -0.25) is 0 Å². The van der Waals surface area contributed by atoms with E-state index in [9.17, 15) is 0 Å². The first-order valence-electron chi connectivity index (χ1n) is 8.77. The van der Waals surface area contributed by atoms with Crippen molar-refractivity contribution in [3.63, 3.8) is 0 Å². The van der Waals surface area contributed by atoms with Gasteiger partial charge in [-0.15, -0.1) is 0 Å². The second-order valence-corrected chi connectivity index (χ2v) is 8.46. The molecule has 1 saturated heterocycles. The van der Waals surface area contributed by atoms with Crippen molar-refractivity contribution in [3.8, 4) is 0 Å². The van der Waals surface area contributed by atoms with Gasteiger partial charge < -0.3 is 4.74 Å². The fourth-order valence-electron chi connectivity index (χ4n) is 6.21. The van der Waals surface area contributed by atoms with Crippen LogP contribution in [0, 0.1) is 30.6 Å². The molecule has 6 rings (SSSR count). The average molecular weight is 335 g/mol. The third kappa shape index (κ3) is 1.67. The zero-order valence-corrected chi connectivity index (χ0v) is 14.4. The molecular weight excluding hydrogens is 312 g/mol. The van der Waals surface area contributed by atoms with Gasteiger partial charge in [-0.2, -0.15) is 4.89 Å². The van der Waals surface area contributed by atoms with Crippen LogP contribution in [-0.4, -0.2) is 12.7 Å². The van der Waals surface area contributed by atoms with Crippen LogP contribution in [0.2, 0.25) is 5.02 Å². The fourth-order valence-corrected chi connectivity index (χ4v) is 6.32. The van der Waals surface area contributed by atoms with Crippen molar-refractivity contribution in [1.82, 2.24) is 0 Å². The third-order valence-electron chi connectivity index (χ3n) is 6.99. The Morgan fingerprint density at radius 3 is 2.17 bits per heavy atom. The van der Waals surface area contributed by atoms with Crippen molar-refractivity contribution in [3.05, 3.63) is 34.3 Å². The second-order valence-electron chi connectivity index (χ2n) is 8.05. The largest absolute Gasteiger partial charge is 0.345 e. The van der Waals surface area contributed by atoms with Crippen LogP contribution in [0.25, 0.3) is 0 Å². The summed E-state index contributed by atoms with van der Waals surface area (Å²) in [4.78, 5) is 11.7. The summed E-state index contributed by atoms with van der Waals surface area (Å²) in [5.41, 5.74) is 1.78. The smallest absolute Gasteiger partial charge is 0.260 e. The molecule has 3 nitrogen and oxygen atoms in total. The van der Waals surface area contributed by atoms with E-state index in [0.717, 1.165) is 28.0 Å². The van der Waals surface area contributed by atoms with Crippen LogP contribution >= 0.6 is 11.6 Å². The lowest BCUT2D eigenvalue weighted by molar-refractivity contribution is -0.645. The molecule has 4 aliphatic carbocycles. The lowest BCUT2D eigenvalue weighted by Gasteiger charge is -2.68. The number of ether oxygens (including phenoxy) is 1. The van der Waals surface area contributed by atoms with Gasteiger partial charge in [-0.1, -0.05) is 17.7 Å². The minimum absolute atomic E-state index is 0.310. The highest BCUT2D eigenvalue weighted by Crippen LogP contribution is 2.69. The minimum atomic E-state index is -0.773. The number of halogens is 1. The molecule has 0 radical (unpaired) electrons. The molecule has 1 aromatic rings. The summed E-state index contributed by atoms with van der Waals surface area (Å²) >= 11 is 6.22. The minimum Gasteiger partial charge on any atom is -0.345 e. The highest BCUT2D eigenvalue weighted by molar-refractivity contribution is 6.31. The predicted octanol–water partition coefficient (Wildman–Crippen LogP) is 4.60. The Hall–Kier alpha value is -0.610. The van der Waals surface area contributed by atoms with Crippen molar-refractivity contribution in [2.75, 3.05) is 7.11 Å². The Bertz CT molecular complexity index is 626. The van der Waals surface area contributed by atoms with E-state index in [1.165, 1.54) is 32.1 Å². The van der Waals surface area contributed by atoms with Crippen LogP contribution in [0.5, 0.6) is 0 Å². The van der Waals surface area contributed by atoms with Gasteiger partial charge in [0, 0.05) is 17.7 Å². The highest BCUT2D eigenvalue weighted by atomic mass is 35.5. The van der Waals surface area contributed by atoms with Crippen molar-refractivity contribution in [2.24, 2.45) is 23.7 Å². The number of aryl methyl sites for hydroxylation is 1. The molecule has 23 heavy (non-hydrogen) atoms. The third-order valence-corrected chi connectivity index (χ3v) is 7.41. The zero-order valence-electron chi connectivity index (χ0n) is 13.7. The van der Waals surface area contributed by atoms with E-state index < -0.39 is 5.79 Å². The summed E-state index contributed by atoms with van der Waals surface area (Å²) in [6.45, 7) is 2.03. The molecule has 1 spiro atoms. The van der Waals surface area contributed by atoms with Gasteiger partial charge in [-0.05, 0) is 80.4 Å². The Balaban J connectivity index is 1.62. The summed E-state index contributed by atoms with van der Waals surface area (Å²) in [6, 6.07) is 6.08. The number of methoxy groups -OCH3 is 1. The Kier molecular flexibility index (Phi) is 3.02. The molecule has 0 aromatic heterocycles. The maximum atomic E-state index is 6.22. The van der Waals surface area contributed by atoms with Gasteiger partial charge in [0.05, 0.1) is 0 Å². The lowest BCUT2D eigenvalue weighted by atomic mass is 9.47. The van der Waals surface area contributed by atoms with E-state index in [1.54, 1.807) is 7.11 Å². The summed E-state index contributed by atoms with van der Waals surface area (Å²) in [6.07, 6.45) is 6.45. The molecule has 0 amide bonds. The Labute approximate surface area is 142 Å². The molecular formula is C19H23ClO3. The summed E-state index contributed by atoms with van der Waals surface area (Å²) < 4.78 is 6.04. The van der Waals surface area contributed by atoms with E-state index in [-0.39, 0.29) is 5.60 Å². The average Bonchev–Trinajstić information content (AvgIpc) is 2.50. The number of hydrogen-bond donors (Lipinski definition) is 0. The molecule has 1 aromatic carbocycles.